The van der Waals surface area contributed by atoms with Crippen molar-refractivity contribution in [3.8, 4) is 11.5 Å². The first kappa shape index (κ1) is 19.6. The molecule has 0 aliphatic carbocycles. The fourth-order valence-corrected chi connectivity index (χ4v) is 3.18. The molecule has 0 saturated heterocycles. The Hall–Kier alpha value is -3.74. The van der Waals surface area contributed by atoms with Gasteiger partial charge in [-0.15, -0.1) is 0 Å². The van der Waals surface area contributed by atoms with E-state index >= 15 is 0 Å². The Morgan fingerprint density at radius 2 is 1.77 bits per heavy atom. The first-order valence-corrected chi connectivity index (χ1v) is 9.67. The van der Waals surface area contributed by atoms with E-state index in [0.29, 0.717) is 36.0 Å². The van der Waals surface area contributed by atoms with Gasteiger partial charge in [-0.1, -0.05) is 12.1 Å². The maximum Gasteiger partial charge on any atom is 0.291 e. The average molecular weight is 406 g/mol. The van der Waals surface area contributed by atoms with Crippen molar-refractivity contribution in [1.29, 1.82) is 0 Å². The molecule has 0 saturated carbocycles. The summed E-state index contributed by atoms with van der Waals surface area (Å²) in [5, 5.41) is 5.76. The number of aryl methyl sites for hydroxylation is 1. The third-order valence-corrected chi connectivity index (χ3v) is 4.91. The Labute approximate surface area is 174 Å². The van der Waals surface area contributed by atoms with Crippen molar-refractivity contribution in [2.75, 3.05) is 18.5 Å². The topological polar surface area (TPSA) is 89.8 Å². The number of carbonyl (C=O) groups is 2. The van der Waals surface area contributed by atoms with Gasteiger partial charge in [0.2, 0.25) is 0 Å². The van der Waals surface area contributed by atoms with Crippen LogP contribution in [-0.2, 0) is 0 Å². The number of anilines is 1. The van der Waals surface area contributed by atoms with Crippen LogP contribution in [0, 0.1) is 6.92 Å². The number of ether oxygens (including phenoxy) is 2. The van der Waals surface area contributed by atoms with Crippen molar-refractivity contribution in [3.05, 3.63) is 77.2 Å². The van der Waals surface area contributed by atoms with E-state index in [4.69, 9.17) is 13.9 Å². The molecule has 2 N–H and O–H groups in total. The predicted octanol–water partition coefficient (Wildman–Crippen LogP) is 4.10. The molecule has 3 aromatic rings. The lowest BCUT2D eigenvalue weighted by Gasteiger charge is -2.21. The highest BCUT2D eigenvalue weighted by molar-refractivity contribution is 6.04. The molecule has 0 radical (unpaired) electrons. The fourth-order valence-electron chi connectivity index (χ4n) is 3.18. The molecule has 0 bridgehead atoms. The van der Waals surface area contributed by atoms with Crippen molar-refractivity contribution >= 4 is 17.5 Å². The molecule has 2 amide bonds. The number of furan rings is 1. The molecule has 0 spiro atoms. The van der Waals surface area contributed by atoms with Crippen LogP contribution in [0.4, 0.5) is 5.69 Å². The van der Waals surface area contributed by atoms with E-state index in [2.05, 4.69) is 10.6 Å². The largest absolute Gasteiger partial charge is 0.486 e. The third kappa shape index (κ3) is 4.15. The summed E-state index contributed by atoms with van der Waals surface area (Å²) in [6, 6.07) is 13.8. The predicted molar refractivity (Wildman–Crippen MR) is 111 cm³/mol. The number of fused-ring (bicyclic) bond motifs is 1. The lowest BCUT2D eigenvalue weighted by Crippen LogP contribution is -2.27. The van der Waals surface area contributed by atoms with Crippen LogP contribution in [0.25, 0.3) is 0 Å². The summed E-state index contributed by atoms with van der Waals surface area (Å²) in [7, 11) is 0. The van der Waals surface area contributed by atoms with Crippen LogP contribution in [0.2, 0.25) is 0 Å². The van der Waals surface area contributed by atoms with Crippen LogP contribution in [-0.4, -0.2) is 25.0 Å². The molecule has 2 aromatic carbocycles. The summed E-state index contributed by atoms with van der Waals surface area (Å²) >= 11 is 0. The normalized spacial score (nSPS) is 13.4. The maximum absolute atomic E-state index is 12.8. The zero-order valence-corrected chi connectivity index (χ0v) is 16.7. The molecule has 7 nitrogen and oxygen atoms in total. The van der Waals surface area contributed by atoms with E-state index in [1.165, 1.54) is 6.26 Å². The SMILES string of the molecule is Cc1ccc(C(=O)NC(C)c2ccc3c(c2)OCCO3)cc1NC(=O)c1ccco1. The van der Waals surface area contributed by atoms with Gasteiger partial charge < -0.3 is 24.5 Å². The fraction of sp³-hybridized carbons (Fsp3) is 0.217. The quantitative estimate of drug-likeness (QED) is 0.666. The first-order chi connectivity index (χ1) is 14.5. The lowest BCUT2D eigenvalue weighted by atomic mass is 10.1. The van der Waals surface area contributed by atoms with Gasteiger partial charge >= 0.3 is 0 Å². The Bertz CT molecular complexity index is 1080. The average Bonchev–Trinajstić information content (AvgIpc) is 3.30. The number of hydrogen-bond donors (Lipinski definition) is 2. The second kappa shape index (κ2) is 8.32. The minimum atomic E-state index is -0.370. The zero-order valence-electron chi connectivity index (χ0n) is 16.7. The van der Waals surface area contributed by atoms with Crippen molar-refractivity contribution in [1.82, 2.24) is 5.32 Å². The molecule has 1 aliphatic rings. The van der Waals surface area contributed by atoms with Gasteiger partial charge in [0, 0.05) is 11.3 Å². The summed E-state index contributed by atoms with van der Waals surface area (Å²) in [6.07, 6.45) is 1.44. The second-order valence-electron chi connectivity index (χ2n) is 7.06. The Balaban J connectivity index is 1.47. The minimum Gasteiger partial charge on any atom is -0.486 e. The summed E-state index contributed by atoms with van der Waals surface area (Å²) < 4.78 is 16.3. The number of carbonyl (C=O) groups excluding carboxylic acids is 2. The monoisotopic (exact) mass is 406 g/mol. The van der Waals surface area contributed by atoms with Gasteiger partial charge in [-0.3, -0.25) is 9.59 Å². The summed E-state index contributed by atoms with van der Waals surface area (Å²) in [5.41, 5.74) is 2.74. The van der Waals surface area contributed by atoms with Crippen LogP contribution in [0.5, 0.6) is 11.5 Å². The molecule has 1 unspecified atom stereocenters. The van der Waals surface area contributed by atoms with E-state index in [-0.39, 0.29) is 23.6 Å². The van der Waals surface area contributed by atoms with Gasteiger partial charge in [0.25, 0.3) is 11.8 Å². The van der Waals surface area contributed by atoms with Gasteiger partial charge in [-0.25, -0.2) is 0 Å². The zero-order chi connectivity index (χ0) is 21.1. The Kier molecular flexibility index (Phi) is 5.43. The van der Waals surface area contributed by atoms with E-state index in [9.17, 15) is 9.59 Å². The number of benzene rings is 2. The highest BCUT2D eigenvalue weighted by atomic mass is 16.6. The van der Waals surface area contributed by atoms with Crippen molar-refractivity contribution < 1.29 is 23.5 Å². The maximum atomic E-state index is 12.8. The summed E-state index contributed by atoms with van der Waals surface area (Å²) in [6.45, 7) is 4.80. The van der Waals surface area contributed by atoms with Gasteiger partial charge in [-0.2, -0.15) is 0 Å². The van der Waals surface area contributed by atoms with Crippen LogP contribution in [0.1, 0.15) is 45.0 Å². The summed E-state index contributed by atoms with van der Waals surface area (Å²) in [5.74, 6) is 0.977. The molecule has 0 fully saturated rings. The number of nitrogens with one attached hydrogen (secondary N) is 2. The van der Waals surface area contributed by atoms with E-state index in [1.54, 1.807) is 30.3 Å². The van der Waals surface area contributed by atoms with E-state index < -0.39 is 0 Å². The molecule has 7 heteroatoms. The molecular weight excluding hydrogens is 384 g/mol. The smallest absolute Gasteiger partial charge is 0.291 e. The molecule has 30 heavy (non-hydrogen) atoms. The van der Waals surface area contributed by atoms with Crippen LogP contribution in [0.15, 0.2) is 59.2 Å². The van der Waals surface area contributed by atoms with Gasteiger partial charge in [0.15, 0.2) is 17.3 Å². The van der Waals surface area contributed by atoms with E-state index in [0.717, 1.165) is 11.1 Å². The molecule has 1 aliphatic heterocycles. The highest BCUT2D eigenvalue weighted by Crippen LogP contribution is 2.32. The third-order valence-electron chi connectivity index (χ3n) is 4.91. The molecule has 2 heterocycles. The lowest BCUT2D eigenvalue weighted by molar-refractivity contribution is 0.0938. The van der Waals surface area contributed by atoms with Gasteiger partial charge in [0.1, 0.15) is 13.2 Å². The van der Waals surface area contributed by atoms with Crippen molar-refractivity contribution in [2.24, 2.45) is 0 Å². The van der Waals surface area contributed by atoms with Crippen molar-refractivity contribution in [2.45, 2.75) is 19.9 Å². The van der Waals surface area contributed by atoms with E-state index in [1.807, 2.05) is 32.0 Å². The van der Waals surface area contributed by atoms with Crippen molar-refractivity contribution in [3.63, 3.8) is 0 Å². The highest BCUT2D eigenvalue weighted by Gasteiger charge is 2.18. The standard InChI is InChI=1S/C23H22N2O5/c1-14-5-6-17(12-18(14)25-23(27)20-4-3-9-28-20)22(26)24-15(2)16-7-8-19-21(13-16)30-11-10-29-19/h3-9,12-13,15H,10-11H2,1-2H3,(H,24,26)(H,25,27). The first-order valence-electron chi connectivity index (χ1n) is 9.67. The van der Waals surface area contributed by atoms with Gasteiger partial charge in [-0.05, 0) is 61.4 Å². The van der Waals surface area contributed by atoms with Crippen LogP contribution >= 0.6 is 0 Å². The Morgan fingerprint density at radius 1 is 0.967 bits per heavy atom. The van der Waals surface area contributed by atoms with Gasteiger partial charge in [0.05, 0.1) is 12.3 Å². The molecular formula is C23H22N2O5. The number of rotatable bonds is 5. The number of hydrogen-bond acceptors (Lipinski definition) is 5. The van der Waals surface area contributed by atoms with Crippen LogP contribution < -0.4 is 20.1 Å². The second-order valence-corrected chi connectivity index (χ2v) is 7.06. The van der Waals surface area contributed by atoms with Crippen LogP contribution in [0.3, 0.4) is 0 Å². The molecule has 1 atom stereocenters. The summed E-state index contributed by atoms with van der Waals surface area (Å²) in [4.78, 5) is 25.1. The Morgan fingerprint density at radius 3 is 2.53 bits per heavy atom. The molecule has 1 aromatic heterocycles. The molecule has 4 rings (SSSR count). The number of amides is 2. The minimum absolute atomic E-state index is 0.205. The molecule has 154 valence electrons.